The first-order valence-electron chi connectivity index (χ1n) is 6.39. The first-order chi connectivity index (χ1) is 10.1. The summed E-state index contributed by atoms with van der Waals surface area (Å²) < 4.78 is 1.71. The van der Waals surface area contributed by atoms with Crippen LogP contribution in [0.2, 0.25) is 0 Å². The number of anilines is 2. The van der Waals surface area contributed by atoms with Gasteiger partial charge < -0.3 is 10.6 Å². The lowest BCUT2D eigenvalue weighted by molar-refractivity contribution is -0.115. The molecule has 112 valence electrons. The summed E-state index contributed by atoms with van der Waals surface area (Å²) in [6, 6.07) is 7.51. The molecular formula is C13H15BrN4OS2. The van der Waals surface area contributed by atoms with E-state index < -0.39 is 0 Å². The number of hydrogen-bond acceptors (Lipinski definition) is 6. The fourth-order valence-corrected chi connectivity index (χ4v) is 3.86. The Morgan fingerprint density at radius 3 is 3.00 bits per heavy atom. The van der Waals surface area contributed by atoms with E-state index in [-0.39, 0.29) is 11.2 Å². The molecule has 0 radical (unpaired) electrons. The van der Waals surface area contributed by atoms with Crippen molar-refractivity contribution in [3.05, 3.63) is 28.7 Å². The van der Waals surface area contributed by atoms with Gasteiger partial charge in [0.15, 0.2) is 4.34 Å². The van der Waals surface area contributed by atoms with Crippen molar-refractivity contribution in [2.45, 2.75) is 23.4 Å². The SMILES string of the molecule is CCNc1nnc(SC(C)C(=O)Nc2cccc(Br)c2)s1. The predicted octanol–water partition coefficient (Wildman–Crippen LogP) is 3.85. The second-order valence-corrected chi connectivity index (χ2v) is 7.64. The summed E-state index contributed by atoms with van der Waals surface area (Å²) in [6.45, 7) is 4.66. The lowest BCUT2D eigenvalue weighted by atomic mass is 10.3. The van der Waals surface area contributed by atoms with Crippen LogP contribution in [0.4, 0.5) is 10.8 Å². The number of thioether (sulfide) groups is 1. The van der Waals surface area contributed by atoms with Crippen molar-refractivity contribution in [2.24, 2.45) is 0 Å². The molecule has 5 nitrogen and oxygen atoms in total. The van der Waals surface area contributed by atoms with Crippen molar-refractivity contribution < 1.29 is 4.79 Å². The minimum absolute atomic E-state index is 0.0571. The zero-order valence-electron chi connectivity index (χ0n) is 11.6. The summed E-state index contributed by atoms with van der Waals surface area (Å²) in [5, 5.41) is 14.6. The van der Waals surface area contributed by atoms with Crippen LogP contribution in [0.5, 0.6) is 0 Å². The van der Waals surface area contributed by atoms with Crippen LogP contribution in [0.25, 0.3) is 0 Å². The molecular weight excluding hydrogens is 372 g/mol. The molecule has 0 saturated heterocycles. The Labute approximate surface area is 140 Å². The predicted molar refractivity (Wildman–Crippen MR) is 92.2 cm³/mol. The third-order valence-corrected chi connectivity index (χ3v) is 5.03. The molecule has 0 aliphatic rings. The van der Waals surface area contributed by atoms with Gasteiger partial charge in [-0.15, -0.1) is 10.2 Å². The first-order valence-corrected chi connectivity index (χ1v) is 8.88. The second kappa shape index (κ2) is 7.77. The molecule has 0 aliphatic carbocycles. The number of hydrogen-bond donors (Lipinski definition) is 2. The highest BCUT2D eigenvalue weighted by molar-refractivity contribution is 9.10. The van der Waals surface area contributed by atoms with Crippen LogP contribution in [0, 0.1) is 0 Å². The van der Waals surface area contributed by atoms with E-state index in [4.69, 9.17) is 0 Å². The van der Waals surface area contributed by atoms with Crippen molar-refractivity contribution in [2.75, 3.05) is 17.2 Å². The normalized spacial score (nSPS) is 12.0. The standard InChI is InChI=1S/C13H15BrN4OS2/c1-3-15-12-17-18-13(21-12)20-8(2)11(19)16-10-6-4-5-9(14)7-10/h4-8H,3H2,1-2H3,(H,15,17)(H,16,19). The second-order valence-electron chi connectivity index (χ2n) is 4.16. The van der Waals surface area contributed by atoms with E-state index in [1.54, 1.807) is 0 Å². The topological polar surface area (TPSA) is 66.9 Å². The number of carbonyl (C=O) groups is 1. The largest absolute Gasteiger partial charge is 0.360 e. The van der Waals surface area contributed by atoms with Crippen LogP contribution >= 0.6 is 39.0 Å². The van der Waals surface area contributed by atoms with Crippen LogP contribution in [0.15, 0.2) is 33.1 Å². The third kappa shape index (κ3) is 4.98. The zero-order chi connectivity index (χ0) is 15.2. The molecule has 21 heavy (non-hydrogen) atoms. The Balaban J connectivity index is 1.92. The van der Waals surface area contributed by atoms with E-state index in [0.717, 1.165) is 26.2 Å². The highest BCUT2D eigenvalue weighted by Gasteiger charge is 2.17. The van der Waals surface area contributed by atoms with Gasteiger partial charge in [0.05, 0.1) is 5.25 Å². The van der Waals surface area contributed by atoms with Crippen molar-refractivity contribution in [3.8, 4) is 0 Å². The highest BCUT2D eigenvalue weighted by Crippen LogP contribution is 2.29. The molecule has 2 aromatic rings. The van der Waals surface area contributed by atoms with E-state index in [2.05, 4.69) is 36.8 Å². The van der Waals surface area contributed by atoms with Gasteiger partial charge in [0.1, 0.15) is 0 Å². The van der Waals surface area contributed by atoms with E-state index in [0.29, 0.717) is 0 Å². The third-order valence-electron chi connectivity index (χ3n) is 2.47. The monoisotopic (exact) mass is 386 g/mol. The van der Waals surface area contributed by atoms with Crippen LogP contribution in [-0.4, -0.2) is 27.9 Å². The average Bonchev–Trinajstić information content (AvgIpc) is 2.86. The Bertz CT molecular complexity index is 620. The fraction of sp³-hybridized carbons (Fsp3) is 0.308. The van der Waals surface area contributed by atoms with Gasteiger partial charge in [-0.1, -0.05) is 45.1 Å². The molecule has 1 amide bonds. The van der Waals surface area contributed by atoms with Crippen LogP contribution in [-0.2, 0) is 4.79 Å². The minimum atomic E-state index is -0.244. The molecule has 0 aliphatic heterocycles. The molecule has 0 fully saturated rings. The number of halogens is 1. The summed E-state index contributed by atoms with van der Waals surface area (Å²) in [7, 11) is 0. The van der Waals surface area contributed by atoms with E-state index in [9.17, 15) is 4.79 Å². The molecule has 0 saturated carbocycles. The van der Waals surface area contributed by atoms with E-state index in [1.165, 1.54) is 23.1 Å². The Morgan fingerprint density at radius 1 is 1.48 bits per heavy atom. The van der Waals surface area contributed by atoms with Gasteiger partial charge in [-0.3, -0.25) is 4.79 Å². The summed E-state index contributed by atoms with van der Waals surface area (Å²) in [5.74, 6) is -0.0571. The summed E-state index contributed by atoms with van der Waals surface area (Å²) >= 11 is 6.24. The maximum atomic E-state index is 12.2. The number of rotatable bonds is 6. The molecule has 1 unspecified atom stereocenters. The minimum Gasteiger partial charge on any atom is -0.360 e. The van der Waals surface area contributed by atoms with Crippen LogP contribution in [0.3, 0.4) is 0 Å². The van der Waals surface area contributed by atoms with Gasteiger partial charge in [0, 0.05) is 16.7 Å². The molecule has 1 aromatic carbocycles. The Hall–Kier alpha value is -1.12. The molecule has 0 bridgehead atoms. The van der Waals surface area contributed by atoms with Gasteiger partial charge in [0.25, 0.3) is 0 Å². The molecule has 1 aromatic heterocycles. The maximum Gasteiger partial charge on any atom is 0.237 e. The summed E-state index contributed by atoms with van der Waals surface area (Å²) in [5.41, 5.74) is 0.771. The first kappa shape index (κ1) is 16.3. The lowest BCUT2D eigenvalue weighted by Gasteiger charge is -2.10. The molecule has 1 heterocycles. The van der Waals surface area contributed by atoms with Crippen LogP contribution in [0.1, 0.15) is 13.8 Å². The van der Waals surface area contributed by atoms with Crippen molar-refractivity contribution in [1.82, 2.24) is 10.2 Å². The number of benzene rings is 1. The van der Waals surface area contributed by atoms with Gasteiger partial charge in [0.2, 0.25) is 11.0 Å². The molecule has 0 spiro atoms. The molecule has 2 rings (SSSR count). The van der Waals surface area contributed by atoms with Crippen LogP contribution < -0.4 is 10.6 Å². The average molecular weight is 387 g/mol. The lowest BCUT2D eigenvalue weighted by Crippen LogP contribution is -2.22. The maximum absolute atomic E-state index is 12.2. The number of nitrogens with one attached hydrogen (secondary N) is 2. The van der Waals surface area contributed by atoms with Gasteiger partial charge in [-0.05, 0) is 32.0 Å². The Morgan fingerprint density at radius 2 is 2.29 bits per heavy atom. The number of nitrogens with zero attached hydrogens (tertiary/aromatic N) is 2. The van der Waals surface area contributed by atoms with Crippen molar-refractivity contribution >= 4 is 55.8 Å². The highest BCUT2D eigenvalue weighted by atomic mass is 79.9. The van der Waals surface area contributed by atoms with Gasteiger partial charge in [-0.25, -0.2) is 0 Å². The van der Waals surface area contributed by atoms with Crippen molar-refractivity contribution in [1.29, 1.82) is 0 Å². The zero-order valence-corrected chi connectivity index (χ0v) is 14.8. The van der Waals surface area contributed by atoms with E-state index >= 15 is 0 Å². The number of aromatic nitrogens is 2. The molecule has 2 N–H and O–H groups in total. The fourth-order valence-electron chi connectivity index (χ4n) is 1.49. The quantitative estimate of drug-likeness (QED) is 0.737. The Kier molecular flexibility index (Phi) is 6.01. The molecule has 1 atom stereocenters. The summed E-state index contributed by atoms with van der Waals surface area (Å²) in [4.78, 5) is 12.2. The van der Waals surface area contributed by atoms with Crippen molar-refractivity contribution in [3.63, 3.8) is 0 Å². The van der Waals surface area contributed by atoms with Gasteiger partial charge in [-0.2, -0.15) is 0 Å². The van der Waals surface area contributed by atoms with Gasteiger partial charge >= 0.3 is 0 Å². The van der Waals surface area contributed by atoms with E-state index in [1.807, 2.05) is 38.1 Å². The molecule has 8 heteroatoms. The summed E-state index contributed by atoms with van der Waals surface area (Å²) in [6.07, 6.45) is 0. The number of carbonyl (C=O) groups excluding carboxylic acids is 1. The smallest absolute Gasteiger partial charge is 0.237 e. The number of amides is 1.